The molecule has 0 spiro atoms. The van der Waals surface area contributed by atoms with Gasteiger partial charge in [-0.05, 0) is 38.5 Å². The minimum Gasteiger partial charge on any atom is -0.338 e. The summed E-state index contributed by atoms with van der Waals surface area (Å²) in [5.41, 5.74) is 0.794. The Morgan fingerprint density at radius 3 is 2.17 bits per heavy atom. The fourth-order valence-electron chi connectivity index (χ4n) is 3.13. The van der Waals surface area contributed by atoms with Crippen LogP contribution in [-0.2, 0) is 0 Å². The highest BCUT2D eigenvalue weighted by Crippen LogP contribution is 2.26. The number of aryl methyl sites for hydroxylation is 1. The second-order valence-corrected chi connectivity index (χ2v) is 6.28. The first-order valence-corrected chi connectivity index (χ1v) is 8.19. The van der Waals surface area contributed by atoms with Crippen molar-refractivity contribution in [3.63, 3.8) is 0 Å². The number of aromatic nitrogens is 2. The predicted molar refractivity (Wildman–Crippen MR) is 85.4 cm³/mol. The molecule has 24 heavy (non-hydrogen) atoms. The van der Waals surface area contributed by atoms with Crippen LogP contribution in [0.2, 0.25) is 0 Å². The summed E-state index contributed by atoms with van der Waals surface area (Å²) in [5.74, 6) is -0.324. The van der Waals surface area contributed by atoms with E-state index in [1.165, 1.54) is 12.1 Å². The lowest BCUT2D eigenvalue weighted by atomic mass is 10.1. The summed E-state index contributed by atoms with van der Waals surface area (Å²) in [6.45, 7) is 9.29. The van der Waals surface area contributed by atoms with Crippen molar-refractivity contribution in [3.05, 3.63) is 47.1 Å². The largest absolute Gasteiger partial charge is 0.338 e. The Morgan fingerprint density at radius 2 is 1.62 bits per heavy atom. The third-order valence-electron chi connectivity index (χ3n) is 4.77. The molecule has 0 N–H and O–H groups in total. The molecule has 1 aromatic carbocycles. The van der Waals surface area contributed by atoms with Crippen molar-refractivity contribution in [2.45, 2.75) is 32.9 Å². The van der Waals surface area contributed by atoms with Gasteiger partial charge in [0.05, 0.1) is 6.04 Å². The molecule has 0 bridgehead atoms. The molecule has 2 aromatic rings. The Balaban J connectivity index is 1.61. The molecule has 1 aliphatic rings. The number of hydrogen-bond acceptors (Lipinski definition) is 5. The number of halogens is 2. The molecule has 1 aliphatic heterocycles. The lowest BCUT2D eigenvalue weighted by Crippen LogP contribution is -2.47. The van der Waals surface area contributed by atoms with Crippen LogP contribution in [0.4, 0.5) is 8.78 Å². The molecule has 2 atom stereocenters. The van der Waals surface area contributed by atoms with Crippen LogP contribution in [0, 0.1) is 18.6 Å². The summed E-state index contributed by atoms with van der Waals surface area (Å²) in [4.78, 5) is 8.86. The first-order chi connectivity index (χ1) is 11.5. The molecule has 0 unspecified atom stereocenters. The lowest BCUT2D eigenvalue weighted by molar-refractivity contribution is 0.0676. The van der Waals surface area contributed by atoms with Crippen LogP contribution in [-0.4, -0.2) is 46.1 Å². The molecule has 7 heteroatoms. The molecule has 5 nitrogen and oxygen atoms in total. The van der Waals surface area contributed by atoms with Crippen LogP contribution in [0.3, 0.4) is 0 Å². The summed E-state index contributed by atoms with van der Waals surface area (Å²) >= 11 is 0. The Bertz CT molecular complexity index is 698. The van der Waals surface area contributed by atoms with Crippen LogP contribution in [0.15, 0.2) is 22.7 Å². The van der Waals surface area contributed by atoms with Gasteiger partial charge in [-0.2, -0.15) is 4.98 Å². The van der Waals surface area contributed by atoms with Gasteiger partial charge in [-0.25, -0.2) is 8.78 Å². The van der Waals surface area contributed by atoms with Crippen LogP contribution < -0.4 is 0 Å². The third kappa shape index (κ3) is 3.47. The van der Waals surface area contributed by atoms with Crippen LogP contribution in [0.25, 0.3) is 0 Å². The predicted octanol–water partition coefficient (Wildman–Crippen LogP) is 3.10. The van der Waals surface area contributed by atoms with E-state index in [1.807, 2.05) is 6.92 Å². The lowest BCUT2D eigenvalue weighted by Gasteiger charge is -2.39. The van der Waals surface area contributed by atoms with Gasteiger partial charge >= 0.3 is 0 Å². The maximum Gasteiger partial charge on any atom is 0.243 e. The highest BCUT2D eigenvalue weighted by Gasteiger charge is 2.27. The van der Waals surface area contributed by atoms with Crippen molar-refractivity contribution >= 4 is 0 Å². The summed E-state index contributed by atoms with van der Waals surface area (Å²) < 4.78 is 31.8. The van der Waals surface area contributed by atoms with E-state index < -0.39 is 11.6 Å². The fraction of sp³-hybridized carbons (Fsp3) is 0.529. The molecular weight excluding hydrogens is 314 g/mol. The second kappa shape index (κ2) is 6.94. The van der Waals surface area contributed by atoms with Crippen molar-refractivity contribution in [1.82, 2.24) is 19.9 Å². The van der Waals surface area contributed by atoms with Gasteiger partial charge in [-0.15, -0.1) is 0 Å². The topological polar surface area (TPSA) is 45.4 Å². The minimum atomic E-state index is -0.806. The normalized spacial score (nSPS) is 19.4. The van der Waals surface area contributed by atoms with Crippen molar-refractivity contribution < 1.29 is 13.3 Å². The van der Waals surface area contributed by atoms with E-state index in [9.17, 15) is 8.78 Å². The molecule has 0 radical (unpaired) electrons. The molecular formula is C17H22F2N4O. The van der Waals surface area contributed by atoms with Crippen LogP contribution in [0.5, 0.6) is 0 Å². The van der Waals surface area contributed by atoms with Gasteiger partial charge in [-0.3, -0.25) is 9.80 Å². The Hall–Kier alpha value is -1.86. The summed E-state index contributed by atoms with van der Waals surface area (Å²) in [6, 6.07) is 4.25. The zero-order valence-corrected chi connectivity index (χ0v) is 14.2. The number of nitrogens with zero attached hydrogens (tertiary/aromatic N) is 4. The van der Waals surface area contributed by atoms with E-state index in [4.69, 9.17) is 4.52 Å². The molecule has 130 valence electrons. The average molecular weight is 336 g/mol. The van der Waals surface area contributed by atoms with E-state index in [1.54, 1.807) is 13.0 Å². The first kappa shape index (κ1) is 17.0. The summed E-state index contributed by atoms with van der Waals surface area (Å²) in [7, 11) is 0. The Kier molecular flexibility index (Phi) is 4.91. The number of rotatable bonds is 4. The van der Waals surface area contributed by atoms with Gasteiger partial charge in [0, 0.05) is 32.2 Å². The molecule has 2 heterocycles. The zero-order valence-electron chi connectivity index (χ0n) is 14.2. The van der Waals surface area contributed by atoms with Crippen LogP contribution in [0.1, 0.15) is 43.2 Å². The van der Waals surface area contributed by atoms with Gasteiger partial charge < -0.3 is 4.52 Å². The molecule has 1 fully saturated rings. The minimum absolute atomic E-state index is 0.0446. The third-order valence-corrected chi connectivity index (χ3v) is 4.77. The quantitative estimate of drug-likeness (QED) is 0.858. The zero-order chi connectivity index (χ0) is 17.3. The van der Waals surface area contributed by atoms with Gasteiger partial charge in [0.25, 0.3) is 0 Å². The molecule has 0 amide bonds. The van der Waals surface area contributed by atoms with Crippen molar-refractivity contribution in [1.29, 1.82) is 0 Å². The summed E-state index contributed by atoms with van der Waals surface area (Å²) in [6.07, 6.45) is 0. The Morgan fingerprint density at radius 1 is 1.00 bits per heavy atom. The SMILES string of the molecule is Cc1noc([C@@H](C)N2CCN([C@@H](C)c3ccc(F)c(F)c3)CC2)n1. The first-order valence-electron chi connectivity index (χ1n) is 8.19. The van der Waals surface area contributed by atoms with Crippen molar-refractivity contribution in [2.75, 3.05) is 26.2 Å². The number of hydrogen-bond donors (Lipinski definition) is 0. The molecule has 1 saturated heterocycles. The van der Waals surface area contributed by atoms with E-state index >= 15 is 0 Å². The molecule has 1 aromatic heterocycles. The molecule has 0 saturated carbocycles. The fourth-order valence-corrected chi connectivity index (χ4v) is 3.13. The monoisotopic (exact) mass is 336 g/mol. The second-order valence-electron chi connectivity index (χ2n) is 6.28. The Labute approximate surface area is 140 Å². The maximum atomic E-state index is 13.4. The van der Waals surface area contributed by atoms with Crippen molar-refractivity contribution in [2.24, 2.45) is 0 Å². The maximum absolute atomic E-state index is 13.4. The van der Waals surface area contributed by atoms with Gasteiger partial charge in [0.2, 0.25) is 5.89 Å². The van der Waals surface area contributed by atoms with Gasteiger partial charge in [0.15, 0.2) is 17.5 Å². The number of piperazine rings is 1. The van der Waals surface area contributed by atoms with Crippen LogP contribution >= 0.6 is 0 Å². The van der Waals surface area contributed by atoms with E-state index in [2.05, 4.69) is 26.9 Å². The van der Waals surface area contributed by atoms with E-state index in [-0.39, 0.29) is 12.1 Å². The smallest absolute Gasteiger partial charge is 0.243 e. The highest BCUT2D eigenvalue weighted by molar-refractivity contribution is 5.21. The van der Waals surface area contributed by atoms with E-state index in [0.717, 1.165) is 31.7 Å². The summed E-state index contributed by atoms with van der Waals surface area (Å²) in [5, 5.41) is 3.84. The van der Waals surface area contributed by atoms with E-state index in [0.29, 0.717) is 11.7 Å². The average Bonchev–Trinajstić information content (AvgIpc) is 3.02. The molecule has 3 rings (SSSR count). The highest BCUT2D eigenvalue weighted by atomic mass is 19.2. The number of benzene rings is 1. The molecule has 0 aliphatic carbocycles. The van der Waals surface area contributed by atoms with Gasteiger partial charge in [0.1, 0.15) is 0 Å². The van der Waals surface area contributed by atoms with Crippen molar-refractivity contribution in [3.8, 4) is 0 Å². The standard InChI is InChI=1S/C17H22F2N4O/c1-11(14-4-5-15(18)16(19)10-14)22-6-8-23(9-7-22)12(2)17-20-13(3)21-24-17/h4-5,10-12H,6-9H2,1-3H3/t11-,12+/m0/s1. The van der Waals surface area contributed by atoms with Gasteiger partial charge in [-0.1, -0.05) is 11.2 Å².